The monoisotopic (exact) mass is 326 g/mol. The fourth-order valence-electron chi connectivity index (χ4n) is 1.67. The molecule has 0 spiro atoms. The molecule has 1 heterocycles. The number of carbonyl (C=O) groups excluding carboxylic acids is 1. The molecule has 0 saturated carbocycles. The fourth-order valence-corrected chi connectivity index (χ4v) is 2.81. The fraction of sp³-hybridized carbons (Fsp3) is 0.385. The van der Waals surface area contributed by atoms with Gasteiger partial charge >= 0.3 is 0 Å². The smallest absolute Gasteiger partial charge is 0.242 e. The number of aromatic nitrogens is 1. The minimum atomic E-state index is -0.587. The number of anilines is 1. The zero-order valence-corrected chi connectivity index (χ0v) is 13.2. The van der Waals surface area contributed by atoms with Crippen LogP contribution in [0.3, 0.4) is 0 Å². The third kappa shape index (κ3) is 2.72. The molecule has 0 aliphatic rings. The second-order valence-corrected chi connectivity index (χ2v) is 7.89. The minimum Gasteiger partial charge on any atom is -0.301 e. The molecule has 0 fully saturated rings. The van der Waals surface area contributed by atoms with Gasteiger partial charge in [0.05, 0.1) is 14.5 Å². The summed E-state index contributed by atoms with van der Waals surface area (Å²) in [5, 5.41) is 3.49. The molecule has 3 nitrogen and oxygen atoms in total. The Kier molecular flexibility index (Phi) is 3.47. The number of nitrogens with zero attached hydrogens (tertiary/aromatic N) is 1. The summed E-state index contributed by atoms with van der Waals surface area (Å²) >= 11 is 4.84. The average molecular weight is 327 g/mol. The van der Waals surface area contributed by atoms with Crippen molar-refractivity contribution in [3.8, 4) is 0 Å². The number of hydrogen-bond acceptors (Lipinski definition) is 3. The third-order valence-corrected chi connectivity index (χ3v) is 3.87. The Morgan fingerprint density at radius 3 is 2.67 bits per heavy atom. The van der Waals surface area contributed by atoms with E-state index in [0.29, 0.717) is 5.13 Å². The number of hydrogen-bond donors (Lipinski definition) is 1. The van der Waals surface area contributed by atoms with E-state index in [4.69, 9.17) is 0 Å². The van der Waals surface area contributed by atoms with Crippen LogP contribution >= 0.6 is 27.3 Å². The summed E-state index contributed by atoms with van der Waals surface area (Å²) in [5.74, 6) is -0.0871. The van der Waals surface area contributed by atoms with Crippen molar-refractivity contribution in [2.45, 2.75) is 32.0 Å². The van der Waals surface area contributed by atoms with Crippen molar-refractivity contribution in [2.75, 3.05) is 5.32 Å². The van der Waals surface area contributed by atoms with Crippen LogP contribution in [-0.2, 0) is 4.79 Å². The molecule has 0 aliphatic carbocycles. The van der Waals surface area contributed by atoms with Crippen LogP contribution in [0.5, 0.6) is 0 Å². The standard InChI is InChI=1S/C13H15BrN2OS/c1-7-5-8(2)10-9(6-7)18-12(15-10)16-11(17)13(3,4)14/h5-6H,1-4H3,(H,15,16,17). The van der Waals surface area contributed by atoms with Crippen LogP contribution in [0.2, 0.25) is 0 Å². The predicted molar refractivity (Wildman–Crippen MR) is 80.7 cm³/mol. The van der Waals surface area contributed by atoms with Crippen molar-refractivity contribution in [1.82, 2.24) is 4.98 Å². The summed E-state index contributed by atoms with van der Waals surface area (Å²) in [6, 6.07) is 4.19. The van der Waals surface area contributed by atoms with Crippen LogP contribution < -0.4 is 5.32 Å². The number of aryl methyl sites for hydroxylation is 2. The van der Waals surface area contributed by atoms with E-state index < -0.39 is 4.32 Å². The Hall–Kier alpha value is -0.940. The van der Waals surface area contributed by atoms with Gasteiger partial charge in [0.2, 0.25) is 5.91 Å². The Bertz CT molecular complexity index is 613. The second kappa shape index (κ2) is 4.63. The molecule has 1 aromatic carbocycles. The lowest BCUT2D eigenvalue weighted by Crippen LogP contribution is -2.30. The van der Waals surface area contributed by atoms with Gasteiger partial charge in [-0.3, -0.25) is 4.79 Å². The summed E-state index contributed by atoms with van der Waals surface area (Å²) in [5.41, 5.74) is 3.32. The SMILES string of the molecule is Cc1cc(C)c2nc(NC(=O)C(C)(C)Br)sc2c1. The lowest BCUT2D eigenvalue weighted by atomic mass is 10.1. The Balaban J connectivity index is 2.37. The van der Waals surface area contributed by atoms with Gasteiger partial charge in [0.1, 0.15) is 0 Å². The average Bonchev–Trinajstić information content (AvgIpc) is 2.58. The van der Waals surface area contributed by atoms with Gasteiger partial charge in [-0.15, -0.1) is 0 Å². The summed E-state index contributed by atoms with van der Waals surface area (Å²) in [4.78, 5) is 16.3. The zero-order valence-electron chi connectivity index (χ0n) is 10.8. The Labute approximate surface area is 119 Å². The van der Waals surface area contributed by atoms with Crippen molar-refractivity contribution < 1.29 is 4.79 Å². The van der Waals surface area contributed by atoms with Gasteiger partial charge in [-0.2, -0.15) is 0 Å². The van der Waals surface area contributed by atoms with E-state index in [1.54, 1.807) is 0 Å². The number of fused-ring (bicyclic) bond motifs is 1. The molecular formula is C13H15BrN2OS. The first-order chi connectivity index (χ1) is 8.27. The molecule has 0 atom stereocenters. The quantitative estimate of drug-likeness (QED) is 0.847. The largest absolute Gasteiger partial charge is 0.301 e. The lowest BCUT2D eigenvalue weighted by Gasteiger charge is -2.13. The first kappa shape index (κ1) is 13.5. The van der Waals surface area contributed by atoms with Crippen molar-refractivity contribution in [2.24, 2.45) is 0 Å². The molecule has 0 saturated heterocycles. The van der Waals surface area contributed by atoms with Crippen LogP contribution in [0.1, 0.15) is 25.0 Å². The number of halogens is 1. The Morgan fingerprint density at radius 2 is 2.06 bits per heavy atom. The van der Waals surface area contributed by atoms with E-state index in [2.05, 4.69) is 45.3 Å². The maximum Gasteiger partial charge on any atom is 0.242 e. The van der Waals surface area contributed by atoms with Crippen LogP contribution in [0, 0.1) is 13.8 Å². The highest BCUT2D eigenvalue weighted by Crippen LogP contribution is 2.30. The van der Waals surface area contributed by atoms with Crippen LogP contribution in [-0.4, -0.2) is 15.2 Å². The first-order valence-corrected chi connectivity index (χ1v) is 7.26. The van der Waals surface area contributed by atoms with E-state index in [-0.39, 0.29) is 5.91 Å². The first-order valence-electron chi connectivity index (χ1n) is 5.65. The number of alkyl halides is 1. The molecule has 0 bridgehead atoms. The summed E-state index contributed by atoms with van der Waals surface area (Å²) in [6.07, 6.45) is 0. The highest BCUT2D eigenvalue weighted by molar-refractivity contribution is 9.10. The molecule has 1 aromatic heterocycles. The predicted octanol–water partition coefficient (Wildman–Crippen LogP) is 4.03. The van der Waals surface area contributed by atoms with Crippen molar-refractivity contribution >= 4 is 48.5 Å². The van der Waals surface area contributed by atoms with E-state index in [9.17, 15) is 4.79 Å². The molecule has 0 radical (unpaired) electrons. The molecular weight excluding hydrogens is 312 g/mol. The van der Waals surface area contributed by atoms with Crippen LogP contribution in [0.15, 0.2) is 12.1 Å². The molecule has 2 rings (SSSR count). The summed E-state index contributed by atoms with van der Waals surface area (Å²) in [6.45, 7) is 7.72. The van der Waals surface area contributed by atoms with Crippen molar-refractivity contribution in [3.05, 3.63) is 23.3 Å². The molecule has 0 aliphatic heterocycles. The summed E-state index contributed by atoms with van der Waals surface area (Å²) < 4.78 is 0.519. The molecule has 0 unspecified atom stereocenters. The molecule has 18 heavy (non-hydrogen) atoms. The third-order valence-electron chi connectivity index (χ3n) is 2.59. The molecule has 5 heteroatoms. The summed E-state index contributed by atoms with van der Waals surface area (Å²) in [7, 11) is 0. The van der Waals surface area contributed by atoms with E-state index in [1.807, 2.05) is 20.8 Å². The van der Waals surface area contributed by atoms with E-state index in [0.717, 1.165) is 15.8 Å². The number of nitrogens with one attached hydrogen (secondary N) is 1. The molecule has 2 aromatic rings. The molecule has 1 amide bonds. The second-order valence-electron chi connectivity index (χ2n) is 4.87. The van der Waals surface area contributed by atoms with Gasteiger partial charge in [-0.25, -0.2) is 4.98 Å². The normalized spacial score (nSPS) is 11.8. The van der Waals surface area contributed by atoms with Gasteiger partial charge in [-0.05, 0) is 44.9 Å². The topological polar surface area (TPSA) is 42.0 Å². The Morgan fingerprint density at radius 1 is 1.39 bits per heavy atom. The van der Waals surface area contributed by atoms with Crippen molar-refractivity contribution in [1.29, 1.82) is 0 Å². The number of amides is 1. The minimum absolute atomic E-state index is 0.0871. The molecule has 1 N–H and O–H groups in total. The van der Waals surface area contributed by atoms with Gasteiger partial charge in [0.15, 0.2) is 5.13 Å². The number of thiazole rings is 1. The van der Waals surface area contributed by atoms with Crippen LogP contribution in [0.25, 0.3) is 10.2 Å². The van der Waals surface area contributed by atoms with E-state index >= 15 is 0 Å². The van der Waals surface area contributed by atoms with Gasteiger partial charge in [0.25, 0.3) is 0 Å². The van der Waals surface area contributed by atoms with E-state index in [1.165, 1.54) is 16.9 Å². The maximum absolute atomic E-state index is 11.9. The number of benzene rings is 1. The number of rotatable bonds is 2. The highest BCUT2D eigenvalue weighted by Gasteiger charge is 2.24. The lowest BCUT2D eigenvalue weighted by molar-refractivity contribution is -0.117. The highest BCUT2D eigenvalue weighted by atomic mass is 79.9. The van der Waals surface area contributed by atoms with Gasteiger partial charge in [-0.1, -0.05) is 33.3 Å². The number of carbonyl (C=O) groups is 1. The zero-order chi connectivity index (χ0) is 13.5. The molecule has 96 valence electrons. The van der Waals surface area contributed by atoms with Gasteiger partial charge < -0.3 is 5.32 Å². The van der Waals surface area contributed by atoms with Crippen molar-refractivity contribution in [3.63, 3.8) is 0 Å². The van der Waals surface area contributed by atoms with Crippen LogP contribution in [0.4, 0.5) is 5.13 Å². The maximum atomic E-state index is 11.9. The van der Waals surface area contributed by atoms with Gasteiger partial charge in [0, 0.05) is 0 Å².